The highest BCUT2D eigenvalue weighted by atomic mass is 32.2. The molecule has 0 amide bonds. The topological polar surface area (TPSA) is 26.0 Å². The van der Waals surface area contributed by atoms with Gasteiger partial charge in [-0.05, 0) is 41.3 Å². The molecule has 1 heterocycles. The lowest BCUT2D eigenvalue weighted by Crippen LogP contribution is -1.98. The first-order chi connectivity index (χ1) is 9.40. The fourth-order valence-corrected chi connectivity index (χ4v) is 3.54. The summed E-state index contributed by atoms with van der Waals surface area (Å²) in [6.45, 7) is 0.695. The van der Waals surface area contributed by atoms with Crippen molar-refractivity contribution in [2.24, 2.45) is 5.73 Å². The van der Waals surface area contributed by atoms with Gasteiger partial charge in [0.2, 0.25) is 0 Å². The first-order valence-electron chi connectivity index (χ1n) is 6.61. The molecular formula is C17H17NS. The SMILES string of the molecule is NCC/C=C1\c2ccccc2CSc2ccccc21. The van der Waals surface area contributed by atoms with Crippen LogP contribution in [-0.2, 0) is 5.75 Å². The summed E-state index contributed by atoms with van der Waals surface area (Å²) < 4.78 is 0. The number of hydrogen-bond donors (Lipinski definition) is 1. The third-order valence-corrected chi connectivity index (χ3v) is 4.51. The van der Waals surface area contributed by atoms with Crippen LogP contribution in [0.2, 0.25) is 0 Å². The number of rotatable bonds is 2. The summed E-state index contributed by atoms with van der Waals surface area (Å²) in [6, 6.07) is 17.3. The van der Waals surface area contributed by atoms with Crippen LogP contribution in [0.3, 0.4) is 0 Å². The van der Waals surface area contributed by atoms with E-state index < -0.39 is 0 Å². The molecule has 1 nitrogen and oxygen atoms in total. The molecule has 2 heteroatoms. The molecule has 1 aliphatic heterocycles. The summed E-state index contributed by atoms with van der Waals surface area (Å²) in [4.78, 5) is 1.36. The molecule has 0 fully saturated rings. The number of hydrogen-bond acceptors (Lipinski definition) is 2. The third kappa shape index (κ3) is 2.46. The summed E-state index contributed by atoms with van der Waals surface area (Å²) >= 11 is 1.92. The van der Waals surface area contributed by atoms with Gasteiger partial charge < -0.3 is 5.73 Å². The Morgan fingerprint density at radius 2 is 1.74 bits per heavy atom. The molecule has 0 spiro atoms. The quantitative estimate of drug-likeness (QED) is 0.887. The van der Waals surface area contributed by atoms with E-state index in [1.807, 2.05) is 11.8 Å². The first-order valence-corrected chi connectivity index (χ1v) is 7.59. The van der Waals surface area contributed by atoms with Crippen molar-refractivity contribution >= 4 is 17.3 Å². The van der Waals surface area contributed by atoms with Crippen LogP contribution in [0.1, 0.15) is 23.1 Å². The van der Waals surface area contributed by atoms with Crippen molar-refractivity contribution in [3.8, 4) is 0 Å². The van der Waals surface area contributed by atoms with Crippen LogP contribution in [0.5, 0.6) is 0 Å². The number of benzene rings is 2. The van der Waals surface area contributed by atoms with Crippen molar-refractivity contribution in [1.29, 1.82) is 0 Å². The zero-order valence-corrected chi connectivity index (χ0v) is 11.6. The Hall–Kier alpha value is -1.51. The highest BCUT2D eigenvalue weighted by molar-refractivity contribution is 7.98. The molecular weight excluding hydrogens is 250 g/mol. The summed E-state index contributed by atoms with van der Waals surface area (Å²) in [5, 5.41) is 0. The lowest BCUT2D eigenvalue weighted by Gasteiger charge is -2.11. The Balaban J connectivity index is 2.19. The molecule has 0 bridgehead atoms. The molecule has 2 aromatic rings. The van der Waals surface area contributed by atoms with Crippen LogP contribution in [-0.4, -0.2) is 6.54 Å². The molecule has 0 unspecified atom stereocenters. The van der Waals surface area contributed by atoms with Gasteiger partial charge in [0.05, 0.1) is 0 Å². The highest BCUT2D eigenvalue weighted by Crippen LogP contribution is 2.39. The maximum atomic E-state index is 5.67. The summed E-state index contributed by atoms with van der Waals surface area (Å²) in [6.07, 6.45) is 3.20. The minimum absolute atomic E-state index is 0.695. The lowest BCUT2D eigenvalue weighted by atomic mass is 9.93. The van der Waals surface area contributed by atoms with E-state index in [2.05, 4.69) is 54.6 Å². The molecule has 19 heavy (non-hydrogen) atoms. The average molecular weight is 267 g/mol. The largest absolute Gasteiger partial charge is 0.330 e. The van der Waals surface area contributed by atoms with Crippen LogP contribution in [0.4, 0.5) is 0 Å². The Morgan fingerprint density at radius 1 is 1.00 bits per heavy atom. The van der Waals surface area contributed by atoms with Gasteiger partial charge in [-0.3, -0.25) is 0 Å². The maximum Gasteiger partial charge on any atom is 0.0238 e. The maximum absolute atomic E-state index is 5.67. The lowest BCUT2D eigenvalue weighted by molar-refractivity contribution is 1.01. The Labute approximate surface area is 118 Å². The molecule has 1 aliphatic rings. The van der Waals surface area contributed by atoms with E-state index in [1.54, 1.807) is 0 Å². The van der Waals surface area contributed by atoms with Crippen LogP contribution in [0.25, 0.3) is 5.57 Å². The van der Waals surface area contributed by atoms with E-state index in [-0.39, 0.29) is 0 Å². The van der Waals surface area contributed by atoms with Crippen LogP contribution in [0, 0.1) is 0 Å². The summed E-state index contributed by atoms with van der Waals surface area (Å²) in [5.74, 6) is 1.03. The van der Waals surface area contributed by atoms with Gasteiger partial charge in [0.25, 0.3) is 0 Å². The van der Waals surface area contributed by atoms with Crippen molar-refractivity contribution in [3.05, 3.63) is 71.3 Å². The second-order valence-corrected chi connectivity index (χ2v) is 5.65. The van der Waals surface area contributed by atoms with Gasteiger partial charge >= 0.3 is 0 Å². The van der Waals surface area contributed by atoms with E-state index in [1.165, 1.54) is 27.2 Å². The van der Waals surface area contributed by atoms with Gasteiger partial charge in [0, 0.05) is 10.6 Å². The highest BCUT2D eigenvalue weighted by Gasteiger charge is 2.17. The van der Waals surface area contributed by atoms with Crippen molar-refractivity contribution in [1.82, 2.24) is 0 Å². The molecule has 0 aliphatic carbocycles. The smallest absolute Gasteiger partial charge is 0.0238 e. The van der Waals surface area contributed by atoms with E-state index >= 15 is 0 Å². The summed E-state index contributed by atoms with van der Waals surface area (Å²) in [5.41, 5.74) is 11.1. The second kappa shape index (κ2) is 5.64. The van der Waals surface area contributed by atoms with Crippen LogP contribution < -0.4 is 5.73 Å². The van der Waals surface area contributed by atoms with Gasteiger partial charge in [-0.1, -0.05) is 48.5 Å². The summed E-state index contributed by atoms with van der Waals surface area (Å²) in [7, 11) is 0. The number of fused-ring (bicyclic) bond motifs is 2. The molecule has 0 aromatic heterocycles. The van der Waals surface area contributed by atoms with Crippen molar-refractivity contribution in [2.75, 3.05) is 6.54 Å². The monoisotopic (exact) mass is 267 g/mol. The van der Waals surface area contributed by atoms with Gasteiger partial charge in [0.1, 0.15) is 0 Å². The number of nitrogens with two attached hydrogens (primary N) is 1. The van der Waals surface area contributed by atoms with Gasteiger partial charge in [-0.25, -0.2) is 0 Å². The minimum atomic E-state index is 0.695. The predicted molar refractivity (Wildman–Crippen MR) is 83.2 cm³/mol. The van der Waals surface area contributed by atoms with Gasteiger partial charge in [0.15, 0.2) is 0 Å². The van der Waals surface area contributed by atoms with Crippen molar-refractivity contribution in [3.63, 3.8) is 0 Å². The van der Waals surface area contributed by atoms with E-state index in [9.17, 15) is 0 Å². The van der Waals surface area contributed by atoms with Crippen molar-refractivity contribution in [2.45, 2.75) is 17.1 Å². The van der Waals surface area contributed by atoms with Gasteiger partial charge in [-0.2, -0.15) is 0 Å². The molecule has 96 valence electrons. The van der Waals surface area contributed by atoms with E-state index in [0.29, 0.717) is 6.54 Å². The van der Waals surface area contributed by atoms with Crippen molar-refractivity contribution < 1.29 is 0 Å². The second-order valence-electron chi connectivity index (χ2n) is 4.64. The zero-order chi connectivity index (χ0) is 13.1. The van der Waals surface area contributed by atoms with Gasteiger partial charge in [-0.15, -0.1) is 11.8 Å². The molecule has 3 rings (SSSR count). The molecule has 2 aromatic carbocycles. The molecule has 0 atom stereocenters. The van der Waals surface area contributed by atoms with Crippen LogP contribution >= 0.6 is 11.8 Å². The zero-order valence-electron chi connectivity index (χ0n) is 10.8. The van der Waals surface area contributed by atoms with E-state index in [4.69, 9.17) is 5.73 Å². The van der Waals surface area contributed by atoms with Crippen LogP contribution in [0.15, 0.2) is 59.5 Å². The Kier molecular flexibility index (Phi) is 3.72. The molecule has 0 saturated heterocycles. The average Bonchev–Trinajstić information content (AvgIpc) is 2.62. The molecule has 0 saturated carbocycles. The first kappa shape index (κ1) is 12.5. The third-order valence-electron chi connectivity index (χ3n) is 3.38. The fourth-order valence-electron chi connectivity index (χ4n) is 2.47. The fraction of sp³-hybridized carbons (Fsp3) is 0.176. The normalized spacial score (nSPS) is 15.7. The number of thioether (sulfide) groups is 1. The standard InChI is InChI=1S/C17H17NS/c18-11-5-9-15-14-7-2-1-6-13(14)12-19-17-10-4-3-8-16(15)17/h1-4,6-10H,5,11-12,18H2/b15-9+. The molecule has 0 radical (unpaired) electrons. The Bertz CT molecular complexity index is 567. The Morgan fingerprint density at radius 3 is 2.58 bits per heavy atom. The predicted octanol–water partition coefficient (Wildman–Crippen LogP) is 4.07. The van der Waals surface area contributed by atoms with E-state index in [0.717, 1.165) is 12.2 Å². The minimum Gasteiger partial charge on any atom is -0.330 e. The molecule has 2 N–H and O–H groups in total.